The summed E-state index contributed by atoms with van der Waals surface area (Å²) in [4.78, 5) is 29.6. The summed E-state index contributed by atoms with van der Waals surface area (Å²) in [5.41, 5.74) is 6.64. The number of anilines is 2. The summed E-state index contributed by atoms with van der Waals surface area (Å²) in [6, 6.07) is 19.9. The molecule has 7 nitrogen and oxygen atoms in total. The van der Waals surface area contributed by atoms with Crippen LogP contribution in [0.4, 0.5) is 11.4 Å². The van der Waals surface area contributed by atoms with E-state index in [1.807, 2.05) is 46.7 Å². The van der Waals surface area contributed by atoms with Gasteiger partial charge in [-0.25, -0.2) is 0 Å². The van der Waals surface area contributed by atoms with Crippen LogP contribution in [0.3, 0.4) is 0 Å². The molecule has 0 saturated heterocycles. The Balaban J connectivity index is 1.55. The van der Waals surface area contributed by atoms with E-state index in [-0.39, 0.29) is 11.8 Å². The lowest BCUT2D eigenvalue weighted by molar-refractivity contribution is 0.0660. The lowest BCUT2D eigenvalue weighted by Gasteiger charge is -2.45. The number of carbonyl (C=O) groups excluding carboxylic acids is 2. The van der Waals surface area contributed by atoms with Crippen molar-refractivity contribution in [2.75, 3.05) is 36.8 Å². The molecule has 1 aromatic heterocycles. The van der Waals surface area contributed by atoms with Crippen LogP contribution in [-0.2, 0) is 5.54 Å². The van der Waals surface area contributed by atoms with Gasteiger partial charge in [0.1, 0.15) is 17.0 Å². The van der Waals surface area contributed by atoms with E-state index in [4.69, 9.17) is 4.74 Å². The molecule has 0 fully saturated rings. The molecule has 41 heavy (non-hydrogen) atoms. The van der Waals surface area contributed by atoms with Crippen molar-refractivity contribution < 1.29 is 14.3 Å². The first-order chi connectivity index (χ1) is 19.9. The van der Waals surface area contributed by atoms with Gasteiger partial charge in [-0.1, -0.05) is 24.3 Å². The number of thiophene rings is 1. The summed E-state index contributed by atoms with van der Waals surface area (Å²) >= 11 is 1.40. The maximum Gasteiger partial charge on any atom is 0.261 e. The summed E-state index contributed by atoms with van der Waals surface area (Å²) in [6.45, 7) is 10.5. The Kier molecular flexibility index (Phi) is 6.95. The van der Waals surface area contributed by atoms with E-state index in [2.05, 4.69) is 61.8 Å². The van der Waals surface area contributed by atoms with Crippen molar-refractivity contribution in [3.63, 3.8) is 0 Å². The van der Waals surface area contributed by atoms with Crippen LogP contribution in [0.1, 0.15) is 61.7 Å². The van der Waals surface area contributed by atoms with Crippen LogP contribution in [0, 0.1) is 13.8 Å². The van der Waals surface area contributed by atoms with Gasteiger partial charge in [-0.3, -0.25) is 9.59 Å². The lowest BCUT2D eigenvalue weighted by Crippen LogP contribution is -2.50. The fraction of sp³-hybridized carbons (Fsp3) is 0.273. The van der Waals surface area contributed by atoms with Crippen molar-refractivity contribution in [2.24, 2.45) is 0 Å². The Bertz CT molecular complexity index is 1590. The minimum Gasteiger partial charge on any atom is -0.456 e. The quantitative estimate of drug-likeness (QED) is 0.226. The Hall–Kier alpha value is -4.30. The fourth-order valence-corrected chi connectivity index (χ4v) is 6.83. The molecule has 3 heterocycles. The number of ether oxygens (including phenoxy) is 1. The number of nitrogens with one attached hydrogen (secondary N) is 3. The second kappa shape index (κ2) is 10.6. The summed E-state index contributed by atoms with van der Waals surface area (Å²) in [5.74, 6) is 1.22. The molecule has 2 aliphatic heterocycles. The van der Waals surface area contributed by atoms with E-state index in [0.29, 0.717) is 35.0 Å². The molecule has 1 spiro atoms. The van der Waals surface area contributed by atoms with E-state index >= 15 is 0 Å². The summed E-state index contributed by atoms with van der Waals surface area (Å²) < 4.78 is 6.65. The standard InChI is InChI=1S/C33H34N4O3S/c1-5-34-26-18-28-24(16-20(26)3)33(25-17-21(4)27(35-6-2)19-29(25)40-28)23-11-8-7-10-22(23)32(39)37(33)14-13-36-31(38)30-12-9-15-41-30/h7-12,15-19,34-35H,5-6,13-14H2,1-4H3,(H,36,38). The Morgan fingerprint density at radius 1 is 0.878 bits per heavy atom. The monoisotopic (exact) mass is 566 g/mol. The highest BCUT2D eigenvalue weighted by Gasteiger charge is 2.56. The molecule has 2 amide bonds. The van der Waals surface area contributed by atoms with Gasteiger partial charge in [0.15, 0.2) is 0 Å². The molecule has 0 aliphatic carbocycles. The van der Waals surface area contributed by atoms with E-state index in [1.165, 1.54) is 11.3 Å². The second-order valence-corrected chi connectivity index (χ2v) is 11.4. The van der Waals surface area contributed by atoms with Crippen molar-refractivity contribution in [3.05, 3.63) is 104 Å². The molecule has 8 heteroatoms. The average Bonchev–Trinajstić information content (AvgIpc) is 3.59. The third kappa shape index (κ3) is 4.25. The Morgan fingerprint density at radius 2 is 1.51 bits per heavy atom. The van der Waals surface area contributed by atoms with Crippen LogP contribution in [0.15, 0.2) is 66.0 Å². The van der Waals surface area contributed by atoms with Crippen molar-refractivity contribution in [3.8, 4) is 11.5 Å². The van der Waals surface area contributed by atoms with Crippen LogP contribution >= 0.6 is 11.3 Å². The minimum atomic E-state index is -0.921. The topological polar surface area (TPSA) is 82.7 Å². The fourth-order valence-electron chi connectivity index (χ4n) is 6.19. The number of rotatable bonds is 8. The largest absolute Gasteiger partial charge is 0.456 e. The molecule has 4 aromatic rings. The van der Waals surface area contributed by atoms with Gasteiger partial charge in [0.05, 0.1) is 4.88 Å². The van der Waals surface area contributed by atoms with Gasteiger partial charge < -0.3 is 25.6 Å². The molecular formula is C33H34N4O3S. The first-order valence-corrected chi connectivity index (χ1v) is 15.0. The van der Waals surface area contributed by atoms with Gasteiger partial charge in [0.25, 0.3) is 11.8 Å². The zero-order chi connectivity index (χ0) is 28.7. The number of benzene rings is 3. The number of nitrogens with zero attached hydrogens (tertiary/aromatic N) is 1. The summed E-state index contributed by atoms with van der Waals surface area (Å²) in [6.07, 6.45) is 0. The molecule has 0 atom stereocenters. The van der Waals surface area contributed by atoms with Crippen LogP contribution < -0.4 is 20.7 Å². The third-order valence-corrected chi connectivity index (χ3v) is 8.82. The van der Waals surface area contributed by atoms with E-state index in [9.17, 15) is 9.59 Å². The number of aryl methyl sites for hydroxylation is 2. The number of hydrogen-bond acceptors (Lipinski definition) is 6. The number of amides is 2. The number of fused-ring (bicyclic) bond motifs is 6. The van der Waals surface area contributed by atoms with Crippen molar-refractivity contribution >= 4 is 34.5 Å². The van der Waals surface area contributed by atoms with Gasteiger partial charge in [-0.05, 0) is 74.0 Å². The molecule has 0 bridgehead atoms. The first-order valence-electron chi connectivity index (χ1n) is 14.1. The van der Waals surface area contributed by atoms with Gasteiger partial charge in [0, 0.05) is 66.4 Å². The normalized spacial score (nSPS) is 14.2. The van der Waals surface area contributed by atoms with E-state index in [0.717, 1.165) is 52.3 Å². The van der Waals surface area contributed by atoms with Crippen LogP contribution in [0.5, 0.6) is 11.5 Å². The van der Waals surface area contributed by atoms with Gasteiger partial charge >= 0.3 is 0 Å². The smallest absolute Gasteiger partial charge is 0.261 e. The number of carbonyl (C=O) groups is 2. The number of hydrogen-bond donors (Lipinski definition) is 3. The highest BCUT2D eigenvalue weighted by atomic mass is 32.1. The predicted molar refractivity (Wildman–Crippen MR) is 165 cm³/mol. The molecule has 0 radical (unpaired) electrons. The van der Waals surface area contributed by atoms with Crippen LogP contribution in [0.2, 0.25) is 0 Å². The molecule has 6 rings (SSSR count). The van der Waals surface area contributed by atoms with Crippen LogP contribution in [0.25, 0.3) is 0 Å². The summed E-state index contributed by atoms with van der Waals surface area (Å²) in [7, 11) is 0. The third-order valence-electron chi connectivity index (χ3n) is 7.95. The maximum atomic E-state index is 14.3. The van der Waals surface area contributed by atoms with Gasteiger partial charge in [-0.2, -0.15) is 0 Å². The molecule has 3 N–H and O–H groups in total. The zero-order valence-corrected chi connectivity index (χ0v) is 24.6. The zero-order valence-electron chi connectivity index (χ0n) is 23.8. The highest BCUT2D eigenvalue weighted by molar-refractivity contribution is 7.12. The Morgan fingerprint density at radius 3 is 2.10 bits per heavy atom. The van der Waals surface area contributed by atoms with Crippen molar-refractivity contribution in [1.29, 1.82) is 0 Å². The second-order valence-electron chi connectivity index (χ2n) is 10.4. The van der Waals surface area contributed by atoms with Crippen molar-refractivity contribution in [1.82, 2.24) is 10.2 Å². The highest BCUT2D eigenvalue weighted by Crippen LogP contribution is 2.58. The van der Waals surface area contributed by atoms with Crippen molar-refractivity contribution in [2.45, 2.75) is 33.2 Å². The molecule has 210 valence electrons. The maximum absolute atomic E-state index is 14.3. The lowest BCUT2D eigenvalue weighted by atomic mass is 9.73. The SMILES string of the molecule is CCNc1cc2c(cc1C)C1(c3cc(C)c(NCC)cc3O2)c2ccccc2C(=O)N1CCNC(=O)c1cccs1. The molecule has 3 aromatic carbocycles. The van der Waals surface area contributed by atoms with E-state index in [1.54, 1.807) is 6.07 Å². The van der Waals surface area contributed by atoms with Gasteiger partial charge in [0.2, 0.25) is 0 Å². The molecule has 0 unspecified atom stereocenters. The molecule has 0 saturated carbocycles. The minimum absolute atomic E-state index is 0.0633. The average molecular weight is 567 g/mol. The van der Waals surface area contributed by atoms with Gasteiger partial charge in [-0.15, -0.1) is 11.3 Å². The molecule has 2 aliphatic rings. The first kappa shape index (κ1) is 26.9. The van der Waals surface area contributed by atoms with E-state index < -0.39 is 5.54 Å². The summed E-state index contributed by atoms with van der Waals surface area (Å²) in [5, 5.41) is 11.8. The Labute approximate surface area is 244 Å². The van der Waals surface area contributed by atoms with Crippen LogP contribution in [-0.4, -0.2) is 42.9 Å². The predicted octanol–water partition coefficient (Wildman–Crippen LogP) is 6.51. The molecular weight excluding hydrogens is 532 g/mol.